The maximum atomic E-state index is 12.8. The van der Waals surface area contributed by atoms with E-state index in [1.165, 1.54) is 24.1 Å². The Hall–Kier alpha value is -1.21. The number of benzene rings is 1. The normalized spacial score (nSPS) is 29.5. The fraction of sp³-hybridized carbons (Fsp3) is 0.588. The number of piperidine rings is 3. The Morgan fingerprint density at radius 1 is 1.33 bits per heavy atom. The molecule has 7 heteroatoms. The summed E-state index contributed by atoms with van der Waals surface area (Å²) in [5, 5.41) is 0.0690. The second kappa shape index (κ2) is 6.96. The third-order valence-corrected chi connectivity index (χ3v) is 6.55. The summed E-state index contributed by atoms with van der Waals surface area (Å²) in [6.07, 6.45) is -2.28. The summed E-state index contributed by atoms with van der Waals surface area (Å²) >= 11 is 1.58. The molecule has 3 saturated heterocycles. The van der Waals surface area contributed by atoms with Gasteiger partial charge in [-0.25, -0.2) is 0 Å². The molecule has 0 aliphatic carbocycles. The van der Waals surface area contributed by atoms with Crippen LogP contribution in [0, 0.1) is 11.8 Å². The lowest BCUT2D eigenvalue weighted by Gasteiger charge is -2.46. The zero-order chi connectivity index (χ0) is 17.3. The van der Waals surface area contributed by atoms with E-state index in [2.05, 4.69) is 0 Å². The second-order valence-corrected chi connectivity index (χ2v) is 7.60. The Morgan fingerprint density at radius 2 is 2.04 bits per heavy atom. The van der Waals surface area contributed by atoms with E-state index in [1.54, 1.807) is 17.8 Å². The molecular formula is C17H21F3NO2S+. The molecule has 0 unspecified atom stereocenters. The Morgan fingerprint density at radius 3 is 2.67 bits per heavy atom. The molecule has 0 radical (unpaired) electrons. The van der Waals surface area contributed by atoms with Crippen LogP contribution in [0.5, 0.6) is 0 Å². The smallest absolute Gasteiger partial charge is 0.416 e. The summed E-state index contributed by atoms with van der Waals surface area (Å²) in [4.78, 5) is 13.5. The molecule has 0 spiro atoms. The predicted octanol–water partition coefficient (Wildman–Crippen LogP) is 2.36. The molecular weight excluding hydrogens is 339 g/mol. The molecule has 24 heavy (non-hydrogen) atoms. The van der Waals surface area contributed by atoms with Crippen LogP contribution in [0.3, 0.4) is 0 Å². The minimum absolute atomic E-state index is 0.0690. The highest BCUT2D eigenvalue weighted by Gasteiger charge is 2.50. The number of fused-ring (bicyclic) bond motifs is 3. The number of alkyl halides is 3. The number of halogens is 3. The third-order valence-electron chi connectivity index (χ3n) is 5.07. The highest BCUT2D eigenvalue weighted by molar-refractivity contribution is 7.98. The minimum atomic E-state index is -4.33. The van der Waals surface area contributed by atoms with Crippen LogP contribution in [0.4, 0.5) is 13.2 Å². The van der Waals surface area contributed by atoms with E-state index in [9.17, 15) is 18.0 Å². The van der Waals surface area contributed by atoms with Crippen molar-refractivity contribution in [2.45, 2.75) is 30.1 Å². The molecule has 132 valence electrons. The lowest BCUT2D eigenvalue weighted by Crippen LogP contribution is -3.19. The van der Waals surface area contributed by atoms with E-state index in [0.29, 0.717) is 17.2 Å². The zero-order valence-corrected chi connectivity index (χ0v) is 14.3. The van der Waals surface area contributed by atoms with Gasteiger partial charge in [-0.1, -0.05) is 30.0 Å². The van der Waals surface area contributed by atoms with Gasteiger partial charge in [0.15, 0.2) is 0 Å². The molecule has 1 aromatic carbocycles. The highest BCUT2D eigenvalue weighted by atomic mass is 32.2. The number of carbonyl (C=O) groups excluding carboxylic acids is 1. The molecule has 2 bridgehead atoms. The predicted molar refractivity (Wildman–Crippen MR) is 85.5 cm³/mol. The van der Waals surface area contributed by atoms with Crippen LogP contribution in [-0.4, -0.2) is 31.5 Å². The van der Waals surface area contributed by atoms with Crippen LogP contribution in [0.1, 0.15) is 24.0 Å². The number of thioether (sulfide) groups is 1. The Balaban J connectivity index is 1.72. The fourth-order valence-corrected chi connectivity index (χ4v) is 5.42. The van der Waals surface area contributed by atoms with Crippen molar-refractivity contribution < 1.29 is 27.6 Å². The van der Waals surface area contributed by atoms with Crippen molar-refractivity contribution in [1.29, 1.82) is 0 Å². The molecule has 0 aromatic heterocycles. The van der Waals surface area contributed by atoms with Crippen LogP contribution < -0.4 is 4.90 Å². The topological polar surface area (TPSA) is 30.7 Å². The van der Waals surface area contributed by atoms with Crippen LogP contribution in [-0.2, 0) is 21.5 Å². The molecule has 3 aliphatic rings. The first-order valence-electron chi connectivity index (χ1n) is 8.10. The van der Waals surface area contributed by atoms with E-state index in [1.807, 2.05) is 0 Å². The van der Waals surface area contributed by atoms with Crippen molar-refractivity contribution in [3.8, 4) is 0 Å². The van der Waals surface area contributed by atoms with Crippen molar-refractivity contribution in [2.24, 2.45) is 11.8 Å². The Labute approximate surface area is 143 Å². The van der Waals surface area contributed by atoms with E-state index < -0.39 is 11.7 Å². The SMILES string of the molecule is COC(=O)[C@@H]1C2CC[NH+](CC2)[C@@H]1SCc1cccc(C(F)(F)F)c1. The summed E-state index contributed by atoms with van der Waals surface area (Å²) < 4.78 is 43.5. The fourth-order valence-electron chi connectivity index (χ4n) is 3.85. The number of methoxy groups -OCH3 is 1. The van der Waals surface area contributed by atoms with Gasteiger partial charge in [0.2, 0.25) is 0 Å². The number of carbonyl (C=O) groups is 1. The average Bonchev–Trinajstić information content (AvgIpc) is 2.59. The van der Waals surface area contributed by atoms with Gasteiger partial charge in [-0.15, -0.1) is 0 Å². The Kier molecular flexibility index (Phi) is 5.11. The van der Waals surface area contributed by atoms with Gasteiger partial charge >= 0.3 is 12.1 Å². The molecule has 0 saturated carbocycles. The van der Waals surface area contributed by atoms with Gasteiger partial charge in [-0.3, -0.25) is 4.79 Å². The van der Waals surface area contributed by atoms with Crippen molar-refractivity contribution >= 4 is 17.7 Å². The van der Waals surface area contributed by atoms with E-state index in [0.717, 1.165) is 32.0 Å². The van der Waals surface area contributed by atoms with Crippen molar-refractivity contribution in [1.82, 2.24) is 0 Å². The lowest BCUT2D eigenvalue weighted by molar-refractivity contribution is -0.930. The van der Waals surface area contributed by atoms with Gasteiger partial charge in [0.05, 0.1) is 25.8 Å². The van der Waals surface area contributed by atoms with E-state index >= 15 is 0 Å². The molecule has 3 aliphatic heterocycles. The summed E-state index contributed by atoms with van der Waals surface area (Å²) in [7, 11) is 1.41. The molecule has 3 fully saturated rings. The number of esters is 1. The molecule has 3 heterocycles. The highest BCUT2D eigenvalue weighted by Crippen LogP contribution is 2.36. The van der Waals surface area contributed by atoms with Crippen molar-refractivity contribution in [3.05, 3.63) is 35.4 Å². The monoisotopic (exact) mass is 360 g/mol. The standard InChI is InChI=1S/C17H20F3NO2S/c1-23-16(22)14-12-5-7-21(8-6-12)15(14)24-10-11-3-2-4-13(9-11)17(18,19)20/h2-4,9,12,14-15H,5-8,10H2,1H3/p+1/t14-,15-/m1/s1. The van der Waals surface area contributed by atoms with E-state index in [4.69, 9.17) is 4.74 Å². The quantitative estimate of drug-likeness (QED) is 0.837. The maximum absolute atomic E-state index is 12.8. The van der Waals surface area contributed by atoms with Crippen LogP contribution in [0.15, 0.2) is 24.3 Å². The number of rotatable bonds is 4. The number of nitrogens with one attached hydrogen (secondary N) is 1. The lowest BCUT2D eigenvalue weighted by atomic mass is 9.79. The summed E-state index contributed by atoms with van der Waals surface area (Å²) in [5.74, 6) is 0.480. The van der Waals surface area contributed by atoms with Gasteiger partial charge in [0.1, 0.15) is 11.3 Å². The molecule has 2 atom stereocenters. The van der Waals surface area contributed by atoms with Gasteiger partial charge in [-0.2, -0.15) is 13.2 Å². The van der Waals surface area contributed by atoms with Gasteiger partial charge < -0.3 is 9.64 Å². The molecule has 1 aromatic rings. The number of hydrogen-bond acceptors (Lipinski definition) is 3. The minimum Gasteiger partial charge on any atom is -0.469 e. The summed E-state index contributed by atoms with van der Waals surface area (Å²) in [6.45, 7) is 2.05. The third kappa shape index (κ3) is 3.57. The van der Waals surface area contributed by atoms with E-state index in [-0.39, 0.29) is 17.3 Å². The zero-order valence-electron chi connectivity index (χ0n) is 13.4. The first kappa shape index (κ1) is 17.6. The van der Waals surface area contributed by atoms with Crippen LogP contribution in [0.2, 0.25) is 0 Å². The number of hydrogen-bond donors (Lipinski definition) is 1. The second-order valence-electron chi connectivity index (χ2n) is 6.47. The first-order chi connectivity index (χ1) is 11.4. The molecule has 4 rings (SSSR count). The molecule has 0 amide bonds. The Bertz CT molecular complexity index is 600. The average molecular weight is 360 g/mol. The van der Waals surface area contributed by atoms with Crippen LogP contribution >= 0.6 is 11.8 Å². The molecule has 3 nitrogen and oxygen atoms in total. The maximum Gasteiger partial charge on any atom is 0.416 e. The summed E-state index contributed by atoms with van der Waals surface area (Å²) in [6, 6.07) is 5.44. The first-order valence-corrected chi connectivity index (χ1v) is 9.15. The number of ether oxygens (including phenoxy) is 1. The van der Waals surface area contributed by atoms with Crippen molar-refractivity contribution in [3.63, 3.8) is 0 Å². The van der Waals surface area contributed by atoms with Gasteiger partial charge in [0, 0.05) is 18.6 Å². The van der Waals surface area contributed by atoms with Gasteiger partial charge in [0.25, 0.3) is 0 Å². The number of quaternary nitrogens is 1. The summed E-state index contributed by atoms with van der Waals surface area (Å²) in [5.41, 5.74) is 0.0171. The largest absolute Gasteiger partial charge is 0.469 e. The van der Waals surface area contributed by atoms with Crippen molar-refractivity contribution in [2.75, 3.05) is 20.2 Å². The van der Waals surface area contributed by atoms with Crippen LogP contribution in [0.25, 0.3) is 0 Å². The molecule has 1 N–H and O–H groups in total. The van der Waals surface area contributed by atoms with Gasteiger partial charge in [-0.05, 0) is 17.5 Å².